The molecular formula is C21H19BrClNO. The lowest BCUT2D eigenvalue weighted by Crippen LogP contribution is -2.05. The largest absolute Gasteiger partial charge is 0.488 e. The van der Waals surface area contributed by atoms with Crippen molar-refractivity contribution in [1.82, 2.24) is 0 Å². The van der Waals surface area contributed by atoms with Crippen LogP contribution in [0.5, 0.6) is 5.75 Å². The van der Waals surface area contributed by atoms with Gasteiger partial charge in [-0.05, 0) is 42.8 Å². The Morgan fingerprint density at radius 2 is 1.72 bits per heavy atom. The van der Waals surface area contributed by atoms with E-state index >= 15 is 0 Å². The summed E-state index contributed by atoms with van der Waals surface area (Å²) in [5.41, 5.74) is 4.41. The predicted octanol–water partition coefficient (Wildman–Crippen LogP) is 6.60. The minimum absolute atomic E-state index is 0.443. The molecular weight excluding hydrogens is 398 g/mol. The zero-order valence-corrected chi connectivity index (χ0v) is 16.3. The molecule has 0 amide bonds. The van der Waals surface area contributed by atoms with Gasteiger partial charge in [0.25, 0.3) is 0 Å². The molecule has 0 aromatic heterocycles. The molecule has 3 rings (SSSR count). The fourth-order valence-electron chi connectivity index (χ4n) is 2.56. The summed E-state index contributed by atoms with van der Waals surface area (Å²) in [5.74, 6) is 0.851. The van der Waals surface area contributed by atoms with Crippen molar-refractivity contribution in [2.45, 2.75) is 20.1 Å². The predicted molar refractivity (Wildman–Crippen MR) is 108 cm³/mol. The molecule has 0 atom stereocenters. The second-order valence-corrected chi connectivity index (χ2v) is 7.12. The third-order valence-electron chi connectivity index (χ3n) is 3.98. The number of rotatable bonds is 6. The normalized spacial score (nSPS) is 10.5. The van der Waals surface area contributed by atoms with Crippen molar-refractivity contribution >= 4 is 33.2 Å². The van der Waals surface area contributed by atoms with Crippen LogP contribution in [0.15, 0.2) is 71.2 Å². The summed E-state index contributed by atoms with van der Waals surface area (Å²) in [6, 6.07) is 22.0. The van der Waals surface area contributed by atoms with Crippen LogP contribution in [0.25, 0.3) is 0 Å². The van der Waals surface area contributed by atoms with Crippen molar-refractivity contribution in [3.05, 3.63) is 92.9 Å². The van der Waals surface area contributed by atoms with Crippen LogP contribution in [0, 0.1) is 6.92 Å². The van der Waals surface area contributed by atoms with Gasteiger partial charge in [-0.15, -0.1) is 0 Å². The minimum atomic E-state index is 0.443. The molecule has 0 heterocycles. The van der Waals surface area contributed by atoms with Gasteiger partial charge in [-0.1, -0.05) is 63.9 Å². The average Bonchev–Trinajstić information content (AvgIpc) is 2.61. The summed E-state index contributed by atoms with van der Waals surface area (Å²) in [6.07, 6.45) is 0. The lowest BCUT2D eigenvalue weighted by Gasteiger charge is -2.15. The highest BCUT2D eigenvalue weighted by Gasteiger charge is 2.07. The van der Waals surface area contributed by atoms with Crippen LogP contribution >= 0.6 is 27.5 Å². The molecule has 0 radical (unpaired) electrons. The van der Waals surface area contributed by atoms with Crippen molar-refractivity contribution < 1.29 is 4.74 Å². The molecule has 0 aliphatic heterocycles. The zero-order valence-electron chi connectivity index (χ0n) is 13.9. The SMILES string of the molecule is Cc1ccccc1NCc1cc(Br)ccc1OCc1ccccc1Cl. The highest BCUT2D eigenvalue weighted by Crippen LogP contribution is 2.26. The van der Waals surface area contributed by atoms with E-state index in [4.69, 9.17) is 16.3 Å². The fraction of sp³-hybridized carbons (Fsp3) is 0.143. The van der Waals surface area contributed by atoms with E-state index in [0.29, 0.717) is 13.2 Å². The van der Waals surface area contributed by atoms with E-state index in [-0.39, 0.29) is 0 Å². The monoisotopic (exact) mass is 415 g/mol. The van der Waals surface area contributed by atoms with Crippen molar-refractivity contribution in [2.24, 2.45) is 0 Å². The molecule has 1 N–H and O–H groups in total. The molecule has 0 fully saturated rings. The Kier molecular flexibility index (Phi) is 6.00. The third-order valence-corrected chi connectivity index (χ3v) is 4.84. The number of aryl methyl sites for hydroxylation is 1. The van der Waals surface area contributed by atoms with Crippen LogP contribution in [-0.4, -0.2) is 0 Å². The number of ether oxygens (including phenoxy) is 1. The molecule has 0 aliphatic rings. The number of hydrogen-bond acceptors (Lipinski definition) is 2. The highest BCUT2D eigenvalue weighted by molar-refractivity contribution is 9.10. The van der Waals surface area contributed by atoms with Gasteiger partial charge in [0.2, 0.25) is 0 Å². The summed E-state index contributed by atoms with van der Waals surface area (Å²) < 4.78 is 7.06. The molecule has 4 heteroatoms. The summed E-state index contributed by atoms with van der Waals surface area (Å²) in [5, 5.41) is 4.20. The van der Waals surface area contributed by atoms with Crippen molar-refractivity contribution in [3.8, 4) is 5.75 Å². The third kappa shape index (κ3) is 4.77. The van der Waals surface area contributed by atoms with Gasteiger partial charge in [0.05, 0.1) is 0 Å². The summed E-state index contributed by atoms with van der Waals surface area (Å²) in [4.78, 5) is 0. The topological polar surface area (TPSA) is 21.3 Å². The van der Waals surface area contributed by atoms with Gasteiger partial charge in [-0.2, -0.15) is 0 Å². The number of hydrogen-bond donors (Lipinski definition) is 1. The quantitative estimate of drug-likeness (QED) is 0.488. The molecule has 0 bridgehead atoms. The molecule has 0 saturated heterocycles. The van der Waals surface area contributed by atoms with Gasteiger partial charge < -0.3 is 10.1 Å². The maximum atomic E-state index is 6.21. The molecule has 25 heavy (non-hydrogen) atoms. The first-order valence-electron chi connectivity index (χ1n) is 8.07. The van der Waals surface area contributed by atoms with Crippen LogP contribution in [0.3, 0.4) is 0 Å². The fourth-order valence-corrected chi connectivity index (χ4v) is 3.16. The number of nitrogens with one attached hydrogen (secondary N) is 1. The molecule has 3 aromatic carbocycles. The van der Waals surface area contributed by atoms with E-state index in [1.807, 2.05) is 48.5 Å². The Labute approximate surface area is 161 Å². The maximum absolute atomic E-state index is 6.21. The number of benzene rings is 3. The van der Waals surface area contributed by atoms with Crippen LogP contribution in [0.4, 0.5) is 5.69 Å². The van der Waals surface area contributed by atoms with Gasteiger partial charge in [-0.3, -0.25) is 0 Å². The molecule has 0 unspecified atom stereocenters. The van der Waals surface area contributed by atoms with E-state index < -0.39 is 0 Å². The minimum Gasteiger partial charge on any atom is -0.488 e. The zero-order chi connectivity index (χ0) is 17.6. The maximum Gasteiger partial charge on any atom is 0.124 e. The Bertz CT molecular complexity index is 866. The van der Waals surface area contributed by atoms with E-state index in [2.05, 4.69) is 46.4 Å². The van der Waals surface area contributed by atoms with Crippen molar-refractivity contribution in [2.75, 3.05) is 5.32 Å². The first-order chi connectivity index (χ1) is 12.1. The molecule has 3 aromatic rings. The summed E-state index contributed by atoms with van der Waals surface area (Å²) >= 11 is 9.75. The van der Waals surface area contributed by atoms with Gasteiger partial charge in [-0.25, -0.2) is 0 Å². The van der Waals surface area contributed by atoms with E-state index in [1.54, 1.807) is 0 Å². The number of halogens is 2. The average molecular weight is 417 g/mol. The number of anilines is 1. The second kappa shape index (κ2) is 8.41. The standard InChI is InChI=1S/C21H19BrClNO/c1-15-6-2-5-9-20(15)24-13-17-12-18(22)10-11-21(17)25-14-16-7-3-4-8-19(16)23/h2-12,24H,13-14H2,1H3. The highest BCUT2D eigenvalue weighted by atomic mass is 79.9. The lowest BCUT2D eigenvalue weighted by molar-refractivity contribution is 0.303. The molecule has 0 saturated carbocycles. The van der Waals surface area contributed by atoms with Crippen LogP contribution < -0.4 is 10.1 Å². The summed E-state index contributed by atoms with van der Waals surface area (Å²) in [7, 11) is 0. The van der Waals surface area contributed by atoms with Gasteiger partial charge in [0, 0.05) is 32.9 Å². The van der Waals surface area contributed by atoms with Gasteiger partial charge in [0.1, 0.15) is 12.4 Å². The first-order valence-corrected chi connectivity index (χ1v) is 9.25. The van der Waals surface area contributed by atoms with Crippen LogP contribution in [-0.2, 0) is 13.2 Å². The van der Waals surface area contributed by atoms with Gasteiger partial charge >= 0.3 is 0 Å². The lowest BCUT2D eigenvalue weighted by atomic mass is 10.1. The first kappa shape index (κ1) is 17.8. The molecule has 0 spiro atoms. The Morgan fingerprint density at radius 3 is 2.52 bits per heavy atom. The van der Waals surface area contributed by atoms with Crippen molar-refractivity contribution in [1.29, 1.82) is 0 Å². The van der Waals surface area contributed by atoms with Crippen LogP contribution in [0.2, 0.25) is 5.02 Å². The van der Waals surface area contributed by atoms with E-state index in [0.717, 1.165) is 32.1 Å². The van der Waals surface area contributed by atoms with E-state index in [9.17, 15) is 0 Å². The Balaban J connectivity index is 1.74. The molecule has 128 valence electrons. The van der Waals surface area contributed by atoms with Crippen LogP contribution in [0.1, 0.15) is 16.7 Å². The van der Waals surface area contributed by atoms with Gasteiger partial charge in [0.15, 0.2) is 0 Å². The Morgan fingerprint density at radius 1 is 0.960 bits per heavy atom. The molecule has 2 nitrogen and oxygen atoms in total. The second-order valence-electron chi connectivity index (χ2n) is 5.80. The number of para-hydroxylation sites is 1. The van der Waals surface area contributed by atoms with E-state index in [1.165, 1.54) is 5.56 Å². The molecule has 0 aliphatic carbocycles. The van der Waals surface area contributed by atoms with Crippen molar-refractivity contribution in [3.63, 3.8) is 0 Å². The summed E-state index contributed by atoms with van der Waals surface area (Å²) in [6.45, 7) is 3.22. The smallest absolute Gasteiger partial charge is 0.124 e. The Hall–Kier alpha value is -1.97.